The Hall–Kier alpha value is -1.37. The van der Waals surface area contributed by atoms with E-state index in [9.17, 15) is 14.9 Å². The maximum atomic E-state index is 11.2. The summed E-state index contributed by atoms with van der Waals surface area (Å²) in [6, 6.07) is 0. The second kappa shape index (κ2) is 7.83. The van der Waals surface area contributed by atoms with Gasteiger partial charge >= 0.3 is 5.97 Å². The predicted molar refractivity (Wildman–Crippen MR) is 58.8 cm³/mol. The van der Waals surface area contributed by atoms with Gasteiger partial charge in [0, 0.05) is 0 Å². The van der Waals surface area contributed by atoms with Crippen molar-refractivity contribution >= 4 is 5.97 Å². The lowest BCUT2D eigenvalue weighted by molar-refractivity contribution is -0.768. The minimum Gasteiger partial charge on any atom is -0.461 e. The molecule has 0 radical (unpaired) electrons. The Morgan fingerprint density at radius 2 is 1.88 bits per heavy atom. The van der Waals surface area contributed by atoms with E-state index in [0.29, 0.717) is 0 Å². The topological polar surface area (TPSA) is 87.9 Å². The molecule has 0 heterocycles. The van der Waals surface area contributed by atoms with Gasteiger partial charge in [-0.2, -0.15) is 0 Å². The Morgan fingerprint density at radius 1 is 1.29 bits per heavy atom. The first-order chi connectivity index (χ1) is 7.82. The number of ether oxygens (including phenoxy) is 2. The van der Waals surface area contributed by atoms with Crippen LogP contribution in [0.1, 0.15) is 27.7 Å². The number of nitrogens with zero attached hydrogens (tertiary/aromatic N) is 1. The van der Waals surface area contributed by atoms with Crippen molar-refractivity contribution in [3.8, 4) is 0 Å². The average Bonchev–Trinajstić information content (AvgIpc) is 2.15. The second-order valence-corrected chi connectivity index (χ2v) is 4.09. The van der Waals surface area contributed by atoms with E-state index in [0.717, 1.165) is 0 Å². The van der Waals surface area contributed by atoms with Crippen molar-refractivity contribution in [2.24, 2.45) is 5.92 Å². The van der Waals surface area contributed by atoms with Crippen LogP contribution in [0.5, 0.6) is 0 Å². The van der Waals surface area contributed by atoms with Crippen LogP contribution in [0.2, 0.25) is 0 Å². The fourth-order valence-corrected chi connectivity index (χ4v) is 0.863. The van der Waals surface area contributed by atoms with Gasteiger partial charge in [-0.1, -0.05) is 13.8 Å². The third kappa shape index (κ3) is 8.44. The maximum Gasteiger partial charge on any atom is 0.332 e. The lowest BCUT2D eigenvalue weighted by Gasteiger charge is -2.16. The minimum absolute atomic E-state index is 0.0356. The number of carbonyl (C=O) groups is 1. The molecule has 0 aromatic rings. The summed E-state index contributed by atoms with van der Waals surface area (Å²) in [4.78, 5) is 25.4. The van der Waals surface area contributed by atoms with Crippen molar-refractivity contribution in [3.63, 3.8) is 0 Å². The van der Waals surface area contributed by atoms with Gasteiger partial charge in [0.2, 0.25) is 0 Å². The van der Waals surface area contributed by atoms with E-state index in [1.807, 2.05) is 13.8 Å². The van der Waals surface area contributed by atoms with Crippen LogP contribution in [-0.4, -0.2) is 36.5 Å². The van der Waals surface area contributed by atoms with Crippen LogP contribution >= 0.6 is 0 Å². The molecule has 1 unspecified atom stereocenters. The number of hydrogen-bond donors (Lipinski definition) is 0. The largest absolute Gasteiger partial charge is 0.461 e. The van der Waals surface area contributed by atoms with Crippen molar-refractivity contribution in [1.29, 1.82) is 0 Å². The van der Waals surface area contributed by atoms with Crippen LogP contribution in [0.25, 0.3) is 0 Å². The average molecular weight is 249 g/mol. The summed E-state index contributed by atoms with van der Waals surface area (Å²) in [5, 5.41) is 9.07. The Labute approximate surface area is 100 Å². The first-order valence-corrected chi connectivity index (χ1v) is 5.41. The molecule has 0 bridgehead atoms. The molecule has 2 atom stereocenters. The molecule has 0 fully saturated rings. The minimum atomic E-state index is -0.896. The van der Waals surface area contributed by atoms with Crippen LogP contribution in [0, 0.1) is 16.0 Å². The first-order valence-electron chi connectivity index (χ1n) is 5.41. The van der Waals surface area contributed by atoms with E-state index < -0.39 is 17.2 Å². The zero-order valence-corrected chi connectivity index (χ0v) is 10.5. The highest BCUT2D eigenvalue weighted by atomic mass is 17.0. The molecule has 0 aromatic carbocycles. The third-order valence-corrected chi connectivity index (χ3v) is 2.09. The summed E-state index contributed by atoms with van der Waals surface area (Å²) >= 11 is 0. The molecule has 0 amide bonds. The van der Waals surface area contributed by atoms with Gasteiger partial charge < -0.3 is 14.3 Å². The van der Waals surface area contributed by atoms with Gasteiger partial charge in [-0.25, -0.2) is 4.79 Å². The second-order valence-electron chi connectivity index (χ2n) is 4.09. The van der Waals surface area contributed by atoms with Crippen molar-refractivity contribution in [2.75, 3.05) is 13.2 Å². The zero-order valence-electron chi connectivity index (χ0n) is 10.5. The lowest BCUT2D eigenvalue weighted by Crippen LogP contribution is -2.26. The van der Waals surface area contributed by atoms with E-state index >= 15 is 0 Å². The Kier molecular flexibility index (Phi) is 7.20. The van der Waals surface area contributed by atoms with Gasteiger partial charge in [0.05, 0.1) is 6.61 Å². The van der Waals surface area contributed by atoms with Crippen molar-refractivity contribution in [1.82, 2.24) is 0 Å². The summed E-state index contributed by atoms with van der Waals surface area (Å²) in [7, 11) is 0. The van der Waals surface area contributed by atoms with Gasteiger partial charge in [-0.05, 0) is 19.8 Å². The standard InChI is InChI=1S/C10H19NO6/c1-7(2)9(4)16-10(12)6-15-5-8(3)17-11(13)14/h7-9H,5-6H2,1-4H3/t8-,9?/m0/s1. The molecular formula is C10H19NO6. The predicted octanol–water partition coefficient (Wildman–Crippen LogP) is 1.19. The highest BCUT2D eigenvalue weighted by molar-refractivity contribution is 5.70. The molecule has 0 saturated carbocycles. The molecule has 0 rings (SSSR count). The lowest BCUT2D eigenvalue weighted by atomic mass is 10.1. The maximum absolute atomic E-state index is 11.2. The van der Waals surface area contributed by atoms with Crippen LogP contribution in [0.15, 0.2) is 0 Å². The normalized spacial score (nSPS) is 14.2. The SMILES string of the molecule is CC(C)C(C)OC(=O)COC[C@H](C)O[N+](=O)[O-]. The molecule has 100 valence electrons. The van der Waals surface area contributed by atoms with Gasteiger partial charge in [-0.3, -0.25) is 0 Å². The fourth-order valence-electron chi connectivity index (χ4n) is 0.863. The molecule has 7 heteroatoms. The monoisotopic (exact) mass is 249 g/mol. The van der Waals surface area contributed by atoms with Gasteiger partial charge in [0.1, 0.15) is 18.8 Å². The number of rotatable bonds is 8. The Bertz CT molecular complexity index is 255. The Morgan fingerprint density at radius 3 is 2.35 bits per heavy atom. The van der Waals surface area contributed by atoms with Gasteiger partial charge in [-0.15, -0.1) is 10.1 Å². The van der Waals surface area contributed by atoms with E-state index in [1.165, 1.54) is 6.92 Å². The zero-order chi connectivity index (χ0) is 13.4. The van der Waals surface area contributed by atoms with Gasteiger partial charge in [0.25, 0.3) is 5.09 Å². The molecule has 0 N–H and O–H groups in total. The molecule has 0 aliphatic rings. The highest BCUT2D eigenvalue weighted by Gasteiger charge is 2.14. The van der Waals surface area contributed by atoms with Crippen molar-refractivity contribution in [2.45, 2.75) is 39.9 Å². The van der Waals surface area contributed by atoms with E-state index in [1.54, 1.807) is 6.92 Å². The van der Waals surface area contributed by atoms with E-state index in [2.05, 4.69) is 4.84 Å². The molecule has 0 saturated heterocycles. The van der Waals surface area contributed by atoms with Crippen molar-refractivity contribution < 1.29 is 24.2 Å². The molecule has 0 aliphatic carbocycles. The van der Waals surface area contributed by atoms with Gasteiger partial charge in [0.15, 0.2) is 0 Å². The smallest absolute Gasteiger partial charge is 0.332 e. The number of hydrogen-bond acceptors (Lipinski definition) is 6. The van der Waals surface area contributed by atoms with Crippen LogP contribution < -0.4 is 0 Å². The van der Waals surface area contributed by atoms with Crippen LogP contribution in [-0.2, 0) is 19.1 Å². The highest BCUT2D eigenvalue weighted by Crippen LogP contribution is 2.05. The number of carbonyl (C=O) groups excluding carboxylic acids is 1. The molecular weight excluding hydrogens is 230 g/mol. The van der Waals surface area contributed by atoms with Crippen LogP contribution in [0.4, 0.5) is 0 Å². The molecule has 0 spiro atoms. The fraction of sp³-hybridized carbons (Fsp3) is 0.900. The summed E-state index contributed by atoms with van der Waals surface area (Å²) in [6.07, 6.45) is -0.890. The molecule has 0 aromatic heterocycles. The third-order valence-electron chi connectivity index (χ3n) is 2.09. The quantitative estimate of drug-likeness (QED) is 0.364. The first kappa shape index (κ1) is 15.6. The summed E-state index contributed by atoms with van der Waals surface area (Å²) < 4.78 is 9.97. The summed E-state index contributed by atoms with van der Waals surface area (Å²) in [5.41, 5.74) is 0. The summed E-state index contributed by atoms with van der Waals surface area (Å²) in [5.74, 6) is -0.254. The molecule has 7 nitrogen and oxygen atoms in total. The summed E-state index contributed by atoms with van der Waals surface area (Å²) in [6.45, 7) is 6.87. The van der Waals surface area contributed by atoms with E-state index in [4.69, 9.17) is 9.47 Å². The Balaban J connectivity index is 3.67. The van der Waals surface area contributed by atoms with E-state index in [-0.39, 0.29) is 25.2 Å². The number of esters is 1. The van der Waals surface area contributed by atoms with Crippen LogP contribution in [0.3, 0.4) is 0 Å². The molecule has 0 aliphatic heterocycles. The molecule has 17 heavy (non-hydrogen) atoms. The van der Waals surface area contributed by atoms with Crippen molar-refractivity contribution in [3.05, 3.63) is 10.1 Å².